The van der Waals surface area contributed by atoms with Crippen molar-refractivity contribution in [2.75, 3.05) is 19.7 Å². The quantitative estimate of drug-likeness (QED) is 0.900. The van der Waals surface area contributed by atoms with Crippen molar-refractivity contribution >= 4 is 18.3 Å². The maximum atomic E-state index is 12.3. The molecular formula is C14H21ClN2O2. The first-order valence-corrected chi connectivity index (χ1v) is 6.39. The number of halogens is 1. The number of hydrogen-bond acceptors (Lipinski definition) is 3. The summed E-state index contributed by atoms with van der Waals surface area (Å²) < 4.78 is 5.53. The molecule has 5 heteroatoms. The first-order valence-electron chi connectivity index (χ1n) is 6.39. The summed E-state index contributed by atoms with van der Waals surface area (Å²) in [6.07, 6.45) is 0.955. The molecule has 1 aromatic carbocycles. The van der Waals surface area contributed by atoms with E-state index in [9.17, 15) is 4.79 Å². The van der Waals surface area contributed by atoms with Gasteiger partial charge in [-0.3, -0.25) is 4.79 Å². The Balaban J connectivity index is 0.00000180. The van der Waals surface area contributed by atoms with Crippen LogP contribution in [0.2, 0.25) is 0 Å². The summed E-state index contributed by atoms with van der Waals surface area (Å²) in [6.45, 7) is 4.05. The summed E-state index contributed by atoms with van der Waals surface area (Å²) in [5.41, 5.74) is 6.90. The molecule has 0 saturated carbocycles. The summed E-state index contributed by atoms with van der Waals surface area (Å²) in [4.78, 5) is 14.2. The van der Waals surface area contributed by atoms with Crippen LogP contribution in [0.15, 0.2) is 30.3 Å². The van der Waals surface area contributed by atoms with Crippen LogP contribution in [0.25, 0.3) is 0 Å². The monoisotopic (exact) mass is 284 g/mol. The third kappa shape index (κ3) is 4.20. The molecule has 1 aliphatic heterocycles. The van der Waals surface area contributed by atoms with Crippen molar-refractivity contribution in [3.8, 4) is 0 Å². The Kier molecular flexibility index (Phi) is 6.28. The van der Waals surface area contributed by atoms with E-state index in [4.69, 9.17) is 10.5 Å². The van der Waals surface area contributed by atoms with E-state index in [0.717, 1.165) is 18.5 Å². The standard InChI is InChI=1S/C14H20N2O2.ClH/c1-11-10-16(8-5-9-18-11)14(17)13(15)12-6-3-2-4-7-12;/h2-4,6-7,11,13H,5,8-10,15H2,1H3;1H. The second-order valence-electron chi connectivity index (χ2n) is 4.71. The molecule has 0 spiro atoms. The SMILES string of the molecule is CC1CN(C(=O)C(N)c2ccccc2)CCCO1.Cl. The van der Waals surface area contributed by atoms with E-state index in [1.807, 2.05) is 42.2 Å². The average Bonchev–Trinajstić information content (AvgIpc) is 2.63. The number of carbonyl (C=O) groups is 1. The van der Waals surface area contributed by atoms with Crippen molar-refractivity contribution in [1.29, 1.82) is 0 Å². The van der Waals surface area contributed by atoms with Gasteiger partial charge in [-0.25, -0.2) is 0 Å². The molecule has 19 heavy (non-hydrogen) atoms. The molecule has 0 bridgehead atoms. The number of nitrogens with zero attached hydrogens (tertiary/aromatic N) is 1. The van der Waals surface area contributed by atoms with E-state index in [2.05, 4.69) is 0 Å². The lowest BCUT2D eigenvalue weighted by Crippen LogP contribution is -2.41. The fourth-order valence-electron chi connectivity index (χ4n) is 2.19. The second-order valence-corrected chi connectivity index (χ2v) is 4.71. The largest absolute Gasteiger partial charge is 0.377 e. The fraction of sp³-hybridized carbons (Fsp3) is 0.500. The summed E-state index contributed by atoms with van der Waals surface area (Å²) in [5.74, 6) is -0.0152. The van der Waals surface area contributed by atoms with Crippen LogP contribution in [0.3, 0.4) is 0 Å². The van der Waals surface area contributed by atoms with Gasteiger partial charge in [-0.2, -0.15) is 0 Å². The van der Waals surface area contributed by atoms with E-state index in [0.29, 0.717) is 13.2 Å². The zero-order valence-electron chi connectivity index (χ0n) is 11.1. The molecule has 1 saturated heterocycles. The minimum Gasteiger partial charge on any atom is -0.377 e. The molecule has 2 atom stereocenters. The lowest BCUT2D eigenvalue weighted by molar-refractivity contribution is -0.133. The van der Waals surface area contributed by atoms with Crippen molar-refractivity contribution in [3.05, 3.63) is 35.9 Å². The second kappa shape index (κ2) is 7.48. The average molecular weight is 285 g/mol. The van der Waals surface area contributed by atoms with E-state index in [1.165, 1.54) is 0 Å². The predicted molar refractivity (Wildman–Crippen MR) is 77.2 cm³/mol. The number of nitrogens with two attached hydrogens (primary N) is 1. The Hall–Kier alpha value is -1.10. The highest BCUT2D eigenvalue weighted by molar-refractivity contribution is 5.85. The Morgan fingerprint density at radius 2 is 2.11 bits per heavy atom. The zero-order valence-corrected chi connectivity index (χ0v) is 11.9. The van der Waals surface area contributed by atoms with Gasteiger partial charge in [0.05, 0.1) is 6.10 Å². The summed E-state index contributed by atoms with van der Waals surface area (Å²) in [7, 11) is 0. The van der Waals surface area contributed by atoms with Crippen LogP contribution in [0.4, 0.5) is 0 Å². The number of benzene rings is 1. The van der Waals surface area contributed by atoms with Crippen LogP contribution in [0, 0.1) is 0 Å². The molecular weight excluding hydrogens is 264 g/mol. The summed E-state index contributed by atoms with van der Waals surface area (Å²) in [6, 6.07) is 8.92. The van der Waals surface area contributed by atoms with Gasteiger partial charge in [0.2, 0.25) is 5.91 Å². The van der Waals surface area contributed by atoms with Gasteiger partial charge in [-0.1, -0.05) is 30.3 Å². The highest BCUT2D eigenvalue weighted by atomic mass is 35.5. The van der Waals surface area contributed by atoms with E-state index in [1.54, 1.807) is 0 Å². The maximum absolute atomic E-state index is 12.3. The molecule has 0 radical (unpaired) electrons. The molecule has 1 aromatic rings. The van der Waals surface area contributed by atoms with Crippen LogP contribution in [-0.2, 0) is 9.53 Å². The van der Waals surface area contributed by atoms with Gasteiger partial charge in [0, 0.05) is 19.7 Å². The smallest absolute Gasteiger partial charge is 0.244 e. The van der Waals surface area contributed by atoms with Gasteiger partial charge in [-0.15, -0.1) is 12.4 Å². The molecule has 4 nitrogen and oxygen atoms in total. The lowest BCUT2D eigenvalue weighted by atomic mass is 10.1. The van der Waals surface area contributed by atoms with Crippen LogP contribution in [-0.4, -0.2) is 36.6 Å². The summed E-state index contributed by atoms with van der Waals surface area (Å²) in [5, 5.41) is 0. The number of ether oxygens (including phenoxy) is 1. The molecule has 1 heterocycles. The molecule has 2 unspecified atom stereocenters. The first kappa shape index (κ1) is 16.0. The first-order chi connectivity index (χ1) is 8.68. The van der Waals surface area contributed by atoms with Crippen molar-refractivity contribution in [2.24, 2.45) is 5.73 Å². The molecule has 1 aliphatic rings. The molecule has 1 fully saturated rings. The van der Waals surface area contributed by atoms with Crippen molar-refractivity contribution in [3.63, 3.8) is 0 Å². The number of rotatable bonds is 2. The minimum absolute atomic E-state index is 0. The van der Waals surface area contributed by atoms with Crippen molar-refractivity contribution in [1.82, 2.24) is 4.90 Å². The van der Waals surface area contributed by atoms with Crippen LogP contribution in [0.1, 0.15) is 24.9 Å². The van der Waals surface area contributed by atoms with Crippen LogP contribution in [0.5, 0.6) is 0 Å². The molecule has 106 valence electrons. The number of amides is 1. The van der Waals surface area contributed by atoms with Crippen LogP contribution < -0.4 is 5.73 Å². The van der Waals surface area contributed by atoms with Crippen molar-refractivity contribution in [2.45, 2.75) is 25.5 Å². The van der Waals surface area contributed by atoms with Gasteiger partial charge >= 0.3 is 0 Å². The highest BCUT2D eigenvalue weighted by Gasteiger charge is 2.25. The molecule has 0 aromatic heterocycles. The zero-order chi connectivity index (χ0) is 13.0. The normalized spacial score (nSPS) is 21.2. The van der Waals surface area contributed by atoms with Crippen LogP contribution >= 0.6 is 12.4 Å². The number of carbonyl (C=O) groups excluding carboxylic acids is 1. The van der Waals surface area contributed by atoms with Gasteiger partial charge in [0.25, 0.3) is 0 Å². The third-order valence-corrected chi connectivity index (χ3v) is 3.19. The Morgan fingerprint density at radius 1 is 1.42 bits per heavy atom. The highest BCUT2D eigenvalue weighted by Crippen LogP contribution is 2.15. The van der Waals surface area contributed by atoms with Gasteiger partial charge in [0.1, 0.15) is 6.04 Å². The van der Waals surface area contributed by atoms with Gasteiger partial charge in [-0.05, 0) is 18.9 Å². The maximum Gasteiger partial charge on any atom is 0.244 e. The molecule has 2 N–H and O–H groups in total. The van der Waals surface area contributed by atoms with E-state index >= 15 is 0 Å². The predicted octanol–water partition coefficient (Wildman–Crippen LogP) is 1.75. The van der Waals surface area contributed by atoms with Crippen molar-refractivity contribution < 1.29 is 9.53 Å². The molecule has 2 rings (SSSR count). The Bertz CT molecular complexity index is 400. The third-order valence-electron chi connectivity index (χ3n) is 3.19. The molecule has 1 amide bonds. The Labute approximate surface area is 120 Å². The minimum atomic E-state index is -0.573. The van der Waals surface area contributed by atoms with E-state index in [-0.39, 0.29) is 24.4 Å². The van der Waals surface area contributed by atoms with E-state index < -0.39 is 6.04 Å². The number of hydrogen-bond donors (Lipinski definition) is 1. The lowest BCUT2D eigenvalue weighted by Gasteiger charge is -2.25. The molecule has 0 aliphatic carbocycles. The fourth-order valence-corrected chi connectivity index (χ4v) is 2.19. The Morgan fingerprint density at radius 3 is 2.79 bits per heavy atom. The van der Waals surface area contributed by atoms with Gasteiger partial charge in [0.15, 0.2) is 0 Å². The topological polar surface area (TPSA) is 55.6 Å². The van der Waals surface area contributed by atoms with Gasteiger partial charge < -0.3 is 15.4 Å². The summed E-state index contributed by atoms with van der Waals surface area (Å²) >= 11 is 0.